The van der Waals surface area contributed by atoms with Gasteiger partial charge in [-0.2, -0.15) is 4.37 Å². The second-order valence-corrected chi connectivity index (χ2v) is 5.00. The molecule has 0 aliphatic rings. The molecule has 0 unspecified atom stereocenters. The first kappa shape index (κ1) is 13.9. The molecule has 0 aliphatic carbocycles. The van der Waals surface area contributed by atoms with E-state index in [0.717, 1.165) is 22.3 Å². The van der Waals surface area contributed by atoms with Crippen LogP contribution in [-0.4, -0.2) is 34.6 Å². The van der Waals surface area contributed by atoms with E-state index >= 15 is 0 Å². The Morgan fingerprint density at radius 3 is 2.44 bits per heavy atom. The van der Waals surface area contributed by atoms with Gasteiger partial charge in [-0.1, -0.05) is 18.7 Å². The Hall–Kier alpha value is -0.170. The Morgan fingerprint density at radius 1 is 1.25 bits per heavy atom. The van der Waals surface area contributed by atoms with Crippen LogP contribution in [0.3, 0.4) is 0 Å². The Labute approximate surface area is 105 Å². The zero-order chi connectivity index (χ0) is 11.8. The van der Waals surface area contributed by atoms with Gasteiger partial charge in [-0.15, -0.1) is 0 Å². The minimum absolute atomic E-state index is 0.144. The van der Waals surface area contributed by atoms with Crippen LogP contribution in [0.25, 0.3) is 0 Å². The summed E-state index contributed by atoms with van der Waals surface area (Å²) >= 11 is 3.08. The SMILES string of the molecule is CCOC(CSc1nc(CC)ns1)OCC. The van der Waals surface area contributed by atoms with E-state index < -0.39 is 0 Å². The van der Waals surface area contributed by atoms with E-state index in [1.165, 1.54) is 11.5 Å². The molecule has 16 heavy (non-hydrogen) atoms. The molecule has 0 bridgehead atoms. The summed E-state index contributed by atoms with van der Waals surface area (Å²) in [5.41, 5.74) is 0. The summed E-state index contributed by atoms with van der Waals surface area (Å²) in [6.07, 6.45) is 0.742. The third-order valence-corrected chi connectivity index (χ3v) is 3.72. The van der Waals surface area contributed by atoms with E-state index in [0.29, 0.717) is 13.2 Å². The quantitative estimate of drug-likeness (QED) is 0.532. The minimum Gasteiger partial charge on any atom is -0.352 e. The summed E-state index contributed by atoms with van der Waals surface area (Å²) in [5, 5.41) is 0. The lowest BCUT2D eigenvalue weighted by molar-refractivity contribution is -0.120. The van der Waals surface area contributed by atoms with Gasteiger partial charge in [0.2, 0.25) is 0 Å². The summed E-state index contributed by atoms with van der Waals surface area (Å²) in [5.74, 6) is 1.68. The highest BCUT2D eigenvalue weighted by Crippen LogP contribution is 2.22. The topological polar surface area (TPSA) is 44.2 Å². The van der Waals surface area contributed by atoms with Crippen LogP contribution < -0.4 is 0 Å². The Morgan fingerprint density at radius 2 is 1.94 bits per heavy atom. The highest BCUT2D eigenvalue weighted by Gasteiger charge is 2.10. The molecular formula is C10H18N2O2S2. The number of hydrogen-bond acceptors (Lipinski definition) is 6. The first-order valence-corrected chi connectivity index (χ1v) is 7.24. The molecule has 0 fully saturated rings. The van der Waals surface area contributed by atoms with Gasteiger partial charge in [0.15, 0.2) is 10.6 Å². The van der Waals surface area contributed by atoms with E-state index in [9.17, 15) is 0 Å². The predicted molar refractivity (Wildman–Crippen MR) is 67.1 cm³/mol. The Kier molecular flexibility index (Phi) is 6.95. The van der Waals surface area contributed by atoms with Crippen molar-refractivity contribution in [2.45, 2.75) is 37.8 Å². The predicted octanol–water partition coefficient (Wildman–Crippen LogP) is 2.59. The summed E-state index contributed by atoms with van der Waals surface area (Å²) in [6, 6.07) is 0. The van der Waals surface area contributed by atoms with Gasteiger partial charge in [-0.3, -0.25) is 0 Å². The molecule has 0 aromatic carbocycles. The van der Waals surface area contributed by atoms with Gasteiger partial charge < -0.3 is 9.47 Å². The number of ether oxygens (including phenoxy) is 2. The number of thioether (sulfide) groups is 1. The lowest BCUT2D eigenvalue weighted by Crippen LogP contribution is -2.19. The van der Waals surface area contributed by atoms with Crippen LogP contribution in [0.5, 0.6) is 0 Å². The van der Waals surface area contributed by atoms with Gasteiger partial charge in [0.05, 0.1) is 5.75 Å². The first-order valence-electron chi connectivity index (χ1n) is 5.48. The number of rotatable bonds is 8. The van der Waals surface area contributed by atoms with Crippen molar-refractivity contribution in [3.05, 3.63) is 5.82 Å². The van der Waals surface area contributed by atoms with Crippen LogP contribution in [0.4, 0.5) is 0 Å². The van der Waals surface area contributed by atoms with Crippen LogP contribution in [0.1, 0.15) is 26.6 Å². The molecule has 1 aromatic heterocycles. The van der Waals surface area contributed by atoms with Crippen molar-refractivity contribution < 1.29 is 9.47 Å². The van der Waals surface area contributed by atoms with E-state index in [4.69, 9.17) is 9.47 Å². The maximum atomic E-state index is 5.45. The van der Waals surface area contributed by atoms with Crippen molar-refractivity contribution in [3.8, 4) is 0 Å². The van der Waals surface area contributed by atoms with Gasteiger partial charge >= 0.3 is 0 Å². The first-order chi connectivity index (χ1) is 7.80. The summed E-state index contributed by atoms with van der Waals surface area (Å²) < 4.78 is 16.1. The van der Waals surface area contributed by atoms with Gasteiger partial charge in [0, 0.05) is 19.6 Å². The molecule has 0 saturated carbocycles. The molecule has 6 heteroatoms. The fraction of sp³-hybridized carbons (Fsp3) is 0.800. The summed E-state index contributed by atoms with van der Waals surface area (Å²) in [4.78, 5) is 4.38. The zero-order valence-electron chi connectivity index (χ0n) is 9.93. The molecule has 0 aliphatic heterocycles. The maximum absolute atomic E-state index is 5.45. The number of hydrogen-bond donors (Lipinski definition) is 0. The maximum Gasteiger partial charge on any atom is 0.170 e. The van der Waals surface area contributed by atoms with Gasteiger partial charge in [0.1, 0.15) is 5.82 Å². The smallest absolute Gasteiger partial charge is 0.170 e. The van der Waals surface area contributed by atoms with Gasteiger partial charge in [-0.05, 0) is 25.4 Å². The van der Waals surface area contributed by atoms with E-state index in [-0.39, 0.29) is 6.29 Å². The summed E-state index contributed by atoms with van der Waals surface area (Å²) in [7, 11) is 0. The van der Waals surface area contributed by atoms with Crippen molar-refractivity contribution in [2.75, 3.05) is 19.0 Å². The number of aromatic nitrogens is 2. The standard InChI is InChI=1S/C10H18N2O2S2/c1-4-8-11-10(16-12-8)15-7-9(13-5-2)14-6-3/h9H,4-7H2,1-3H3. The molecule has 0 spiro atoms. The lowest BCUT2D eigenvalue weighted by Gasteiger charge is -2.15. The molecule has 0 saturated heterocycles. The molecule has 1 aromatic rings. The zero-order valence-corrected chi connectivity index (χ0v) is 11.6. The second kappa shape index (κ2) is 8.00. The van der Waals surface area contributed by atoms with Gasteiger partial charge in [0.25, 0.3) is 0 Å². The van der Waals surface area contributed by atoms with Crippen LogP contribution in [0, 0.1) is 0 Å². The average Bonchev–Trinajstić information content (AvgIpc) is 2.74. The van der Waals surface area contributed by atoms with Crippen molar-refractivity contribution >= 4 is 23.3 Å². The van der Waals surface area contributed by atoms with E-state index in [1.54, 1.807) is 11.8 Å². The third kappa shape index (κ3) is 4.78. The normalized spacial score (nSPS) is 11.2. The average molecular weight is 262 g/mol. The molecule has 1 heterocycles. The van der Waals surface area contributed by atoms with Crippen LogP contribution >= 0.6 is 23.3 Å². The molecule has 1 rings (SSSR count). The van der Waals surface area contributed by atoms with Crippen molar-refractivity contribution in [3.63, 3.8) is 0 Å². The third-order valence-electron chi connectivity index (χ3n) is 1.81. The number of aryl methyl sites for hydroxylation is 1. The monoisotopic (exact) mass is 262 g/mol. The van der Waals surface area contributed by atoms with Crippen molar-refractivity contribution in [2.24, 2.45) is 0 Å². The Balaban J connectivity index is 2.35. The Bertz CT molecular complexity index is 288. The number of nitrogens with zero attached hydrogens (tertiary/aromatic N) is 2. The molecule has 0 N–H and O–H groups in total. The molecule has 0 radical (unpaired) electrons. The molecular weight excluding hydrogens is 244 g/mol. The fourth-order valence-electron chi connectivity index (χ4n) is 1.10. The summed E-state index contributed by atoms with van der Waals surface area (Å²) in [6.45, 7) is 7.33. The molecule has 92 valence electrons. The van der Waals surface area contributed by atoms with E-state index in [1.807, 2.05) is 13.8 Å². The molecule has 0 amide bonds. The second-order valence-electron chi connectivity index (χ2n) is 2.98. The lowest BCUT2D eigenvalue weighted by atomic mass is 10.5. The largest absolute Gasteiger partial charge is 0.352 e. The van der Waals surface area contributed by atoms with Crippen molar-refractivity contribution in [1.29, 1.82) is 0 Å². The van der Waals surface area contributed by atoms with E-state index in [2.05, 4.69) is 16.3 Å². The van der Waals surface area contributed by atoms with Crippen LogP contribution in [0.2, 0.25) is 0 Å². The van der Waals surface area contributed by atoms with Crippen molar-refractivity contribution in [1.82, 2.24) is 9.36 Å². The van der Waals surface area contributed by atoms with Gasteiger partial charge in [-0.25, -0.2) is 4.98 Å². The minimum atomic E-state index is -0.144. The van der Waals surface area contributed by atoms with Crippen LogP contribution in [0.15, 0.2) is 4.34 Å². The van der Waals surface area contributed by atoms with Crippen LogP contribution in [-0.2, 0) is 15.9 Å². The highest BCUT2D eigenvalue weighted by molar-refractivity contribution is 8.00. The molecule has 4 nitrogen and oxygen atoms in total. The molecule has 0 atom stereocenters. The fourth-order valence-corrected chi connectivity index (χ4v) is 2.76. The highest BCUT2D eigenvalue weighted by atomic mass is 32.2.